The standard InChI is InChI=1S/C24H25N5O3/c25-22(30)19-15-26-21(29-23(19)27-14-16-6-2-1-3-7-16)13-17-8-4-9-18(12-17)28-24(31)20-10-5-11-32-20/h1-4,6-9,12,15,20H,5,10-11,13-14H2,(H2,25,30)(H,28,31)(H,26,27,29)/t20-/m0/s1. The molecule has 2 amide bonds. The van der Waals surface area contributed by atoms with Gasteiger partial charge in [0.1, 0.15) is 17.7 Å². The molecular formula is C24H25N5O3. The Kier molecular flexibility index (Phi) is 6.72. The molecule has 0 bridgehead atoms. The van der Waals surface area contributed by atoms with Crippen molar-refractivity contribution in [2.75, 3.05) is 17.2 Å². The van der Waals surface area contributed by atoms with E-state index in [1.165, 1.54) is 6.20 Å². The van der Waals surface area contributed by atoms with E-state index in [4.69, 9.17) is 10.5 Å². The third kappa shape index (κ3) is 5.47. The fraction of sp³-hybridized carbons (Fsp3) is 0.250. The van der Waals surface area contributed by atoms with Crippen molar-refractivity contribution < 1.29 is 14.3 Å². The molecule has 1 fully saturated rings. The Morgan fingerprint density at radius 1 is 1.09 bits per heavy atom. The van der Waals surface area contributed by atoms with Gasteiger partial charge in [0, 0.05) is 31.5 Å². The summed E-state index contributed by atoms with van der Waals surface area (Å²) in [4.78, 5) is 32.9. The summed E-state index contributed by atoms with van der Waals surface area (Å²) in [6.07, 6.45) is 3.13. The van der Waals surface area contributed by atoms with E-state index in [1.807, 2.05) is 54.6 Å². The number of primary amides is 1. The molecule has 1 aromatic heterocycles. The van der Waals surface area contributed by atoms with Crippen molar-refractivity contribution in [2.24, 2.45) is 5.73 Å². The van der Waals surface area contributed by atoms with Gasteiger partial charge in [-0.15, -0.1) is 0 Å². The number of carbonyl (C=O) groups excluding carboxylic acids is 2. The summed E-state index contributed by atoms with van der Waals surface area (Å²) in [7, 11) is 0. The summed E-state index contributed by atoms with van der Waals surface area (Å²) in [5.74, 6) is 0.211. The molecule has 1 aliphatic heterocycles. The van der Waals surface area contributed by atoms with Gasteiger partial charge in [0.2, 0.25) is 0 Å². The predicted octanol–water partition coefficient (Wildman–Crippen LogP) is 2.90. The molecule has 0 unspecified atom stereocenters. The van der Waals surface area contributed by atoms with Crippen molar-refractivity contribution in [3.05, 3.63) is 83.3 Å². The summed E-state index contributed by atoms with van der Waals surface area (Å²) in [5, 5.41) is 6.09. The van der Waals surface area contributed by atoms with Gasteiger partial charge < -0.3 is 21.1 Å². The molecule has 2 heterocycles. The number of nitrogens with two attached hydrogens (primary N) is 1. The van der Waals surface area contributed by atoms with E-state index < -0.39 is 5.91 Å². The molecule has 3 aromatic rings. The zero-order valence-electron chi connectivity index (χ0n) is 17.6. The molecule has 1 saturated heterocycles. The number of benzene rings is 2. The highest BCUT2D eigenvalue weighted by molar-refractivity contribution is 5.97. The van der Waals surface area contributed by atoms with Crippen molar-refractivity contribution >= 4 is 23.3 Å². The van der Waals surface area contributed by atoms with E-state index in [-0.39, 0.29) is 17.6 Å². The largest absolute Gasteiger partial charge is 0.368 e. The van der Waals surface area contributed by atoms with Crippen LogP contribution in [-0.4, -0.2) is 34.5 Å². The Labute approximate surface area is 186 Å². The van der Waals surface area contributed by atoms with E-state index in [2.05, 4.69) is 20.6 Å². The van der Waals surface area contributed by atoms with E-state index in [0.717, 1.165) is 24.0 Å². The first-order valence-corrected chi connectivity index (χ1v) is 10.5. The Balaban J connectivity index is 1.47. The number of carbonyl (C=O) groups is 2. The molecule has 164 valence electrons. The molecule has 8 nitrogen and oxygen atoms in total. The van der Waals surface area contributed by atoms with Crippen LogP contribution < -0.4 is 16.4 Å². The number of anilines is 2. The van der Waals surface area contributed by atoms with E-state index >= 15 is 0 Å². The third-order valence-electron chi connectivity index (χ3n) is 5.19. The summed E-state index contributed by atoms with van der Waals surface area (Å²) in [6, 6.07) is 17.3. The lowest BCUT2D eigenvalue weighted by Gasteiger charge is -2.12. The van der Waals surface area contributed by atoms with Crippen molar-refractivity contribution in [3.63, 3.8) is 0 Å². The van der Waals surface area contributed by atoms with Gasteiger partial charge in [-0.1, -0.05) is 42.5 Å². The molecule has 32 heavy (non-hydrogen) atoms. The highest BCUT2D eigenvalue weighted by Gasteiger charge is 2.23. The smallest absolute Gasteiger partial charge is 0.254 e. The Morgan fingerprint density at radius 2 is 1.91 bits per heavy atom. The first kappa shape index (κ1) is 21.5. The normalized spacial score (nSPS) is 15.3. The van der Waals surface area contributed by atoms with Crippen molar-refractivity contribution in [2.45, 2.75) is 31.9 Å². The van der Waals surface area contributed by atoms with E-state index in [1.54, 1.807) is 0 Å². The first-order valence-electron chi connectivity index (χ1n) is 10.5. The maximum absolute atomic E-state index is 12.3. The minimum absolute atomic E-state index is 0.130. The van der Waals surface area contributed by atoms with Crippen LogP contribution in [0.5, 0.6) is 0 Å². The number of hydrogen-bond donors (Lipinski definition) is 3. The van der Waals surface area contributed by atoms with Gasteiger partial charge in [-0.2, -0.15) is 0 Å². The third-order valence-corrected chi connectivity index (χ3v) is 5.19. The molecular weight excluding hydrogens is 406 g/mol. The lowest BCUT2D eigenvalue weighted by Crippen LogP contribution is -2.26. The van der Waals surface area contributed by atoms with E-state index in [9.17, 15) is 9.59 Å². The topological polar surface area (TPSA) is 119 Å². The Hall–Kier alpha value is -3.78. The number of aromatic nitrogens is 2. The van der Waals surface area contributed by atoms with Crippen LogP contribution in [0, 0.1) is 0 Å². The van der Waals surface area contributed by atoms with Gasteiger partial charge in [0.05, 0.1) is 5.56 Å². The monoisotopic (exact) mass is 431 g/mol. The lowest BCUT2D eigenvalue weighted by atomic mass is 10.1. The Bertz CT molecular complexity index is 1100. The lowest BCUT2D eigenvalue weighted by molar-refractivity contribution is -0.124. The average molecular weight is 431 g/mol. The van der Waals surface area contributed by atoms with Crippen LogP contribution in [0.3, 0.4) is 0 Å². The van der Waals surface area contributed by atoms with Gasteiger partial charge in [-0.05, 0) is 36.1 Å². The van der Waals surface area contributed by atoms with Gasteiger partial charge in [-0.25, -0.2) is 9.97 Å². The highest BCUT2D eigenvalue weighted by Crippen LogP contribution is 2.19. The zero-order valence-corrected chi connectivity index (χ0v) is 17.6. The summed E-state index contributed by atoms with van der Waals surface area (Å²) < 4.78 is 5.43. The number of nitrogens with zero attached hydrogens (tertiary/aromatic N) is 2. The summed E-state index contributed by atoms with van der Waals surface area (Å²) in [5.41, 5.74) is 8.41. The van der Waals surface area contributed by atoms with Crippen molar-refractivity contribution in [3.8, 4) is 0 Å². The maximum atomic E-state index is 12.3. The van der Waals surface area contributed by atoms with Crippen LogP contribution >= 0.6 is 0 Å². The molecule has 0 spiro atoms. The predicted molar refractivity (Wildman–Crippen MR) is 121 cm³/mol. The number of rotatable bonds is 8. The second-order valence-electron chi connectivity index (χ2n) is 7.62. The molecule has 2 aromatic carbocycles. The number of ether oxygens (including phenoxy) is 1. The van der Waals surface area contributed by atoms with Gasteiger partial charge in [0.15, 0.2) is 0 Å². The zero-order chi connectivity index (χ0) is 22.3. The molecule has 8 heteroatoms. The quantitative estimate of drug-likeness (QED) is 0.505. The van der Waals surface area contributed by atoms with Crippen LogP contribution in [0.2, 0.25) is 0 Å². The maximum Gasteiger partial charge on any atom is 0.254 e. The first-order chi connectivity index (χ1) is 15.6. The second-order valence-corrected chi connectivity index (χ2v) is 7.62. The van der Waals surface area contributed by atoms with Crippen molar-refractivity contribution in [1.29, 1.82) is 0 Å². The van der Waals surface area contributed by atoms with Crippen LogP contribution in [0.4, 0.5) is 11.5 Å². The van der Waals surface area contributed by atoms with Crippen LogP contribution in [0.15, 0.2) is 60.8 Å². The van der Waals surface area contributed by atoms with Gasteiger partial charge in [0.25, 0.3) is 11.8 Å². The number of amides is 2. The van der Waals surface area contributed by atoms with Gasteiger partial charge >= 0.3 is 0 Å². The second kappa shape index (κ2) is 10.0. The fourth-order valence-corrected chi connectivity index (χ4v) is 3.55. The Morgan fingerprint density at radius 3 is 2.66 bits per heavy atom. The molecule has 1 aliphatic rings. The van der Waals surface area contributed by atoms with Gasteiger partial charge in [-0.3, -0.25) is 9.59 Å². The van der Waals surface area contributed by atoms with E-state index in [0.29, 0.717) is 36.9 Å². The minimum atomic E-state index is -0.592. The highest BCUT2D eigenvalue weighted by atomic mass is 16.5. The molecule has 0 radical (unpaired) electrons. The molecule has 4 rings (SSSR count). The average Bonchev–Trinajstić information content (AvgIpc) is 3.34. The SMILES string of the molecule is NC(=O)c1cnc(Cc2cccc(NC(=O)[C@@H]3CCCO3)c2)nc1NCc1ccccc1. The summed E-state index contributed by atoms with van der Waals surface area (Å²) >= 11 is 0. The van der Waals surface area contributed by atoms with Crippen LogP contribution in [0.1, 0.15) is 40.2 Å². The van der Waals surface area contributed by atoms with Crippen LogP contribution in [0.25, 0.3) is 0 Å². The molecule has 0 aliphatic carbocycles. The molecule has 4 N–H and O–H groups in total. The minimum Gasteiger partial charge on any atom is -0.368 e. The van der Waals surface area contributed by atoms with Crippen LogP contribution in [-0.2, 0) is 22.5 Å². The molecule has 0 saturated carbocycles. The number of hydrogen-bond acceptors (Lipinski definition) is 6. The fourth-order valence-electron chi connectivity index (χ4n) is 3.55. The molecule has 1 atom stereocenters. The van der Waals surface area contributed by atoms with Crippen molar-refractivity contribution in [1.82, 2.24) is 9.97 Å². The number of nitrogens with one attached hydrogen (secondary N) is 2. The summed E-state index contributed by atoms with van der Waals surface area (Å²) in [6.45, 7) is 1.12.